The molecule has 2 aromatic rings. The fourth-order valence-corrected chi connectivity index (χ4v) is 1.99. The maximum Gasteiger partial charge on any atom is 0.268 e. The molecule has 0 bridgehead atoms. The summed E-state index contributed by atoms with van der Waals surface area (Å²) in [5, 5.41) is 6.57. The van der Waals surface area contributed by atoms with Gasteiger partial charge in [0.25, 0.3) is 5.56 Å². The molecule has 0 amide bonds. The quantitative estimate of drug-likeness (QED) is 0.800. The van der Waals surface area contributed by atoms with Crippen LogP contribution in [0, 0.1) is 0 Å². The van der Waals surface area contributed by atoms with Gasteiger partial charge >= 0.3 is 0 Å². The average molecular weight is 287 g/mol. The highest BCUT2D eigenvalue weighted by Gasteiger charge is 2.09. The summed E-state index contributed by atoms with van der Waals surface area (Å²) in [7, 11) is 0. The fourth-order valence-electron chi connectivity index (χ4n) is 1.99. The molecule has 0 aliphatic carbocycles. The molecule has 5 nitrogen and oxygen atoms in total. The van der Waals surface area contributed by atoms with E-state index in [4.69, 9.17) is 10.5 Å². The number of unbranched alkanes of at least 4 members (excludes halogenated alkanes) is 1. The van der Waals surface area contributed by atoms with Crippen molar-refractivity contribution in [1.82, 2.24) is 10.2 Å². The van der Waals surface area contributed by atoms with Gasteiger partial charge in [-0.3, -0.25) is 4.79 Å². The number of hydrogen-bond acceptors (Lipinski definition) is 4. The number of nitrogens with zero attached hydrogens (tertiary/aromatic N) is 1. The Labute approximate surface area is 124 Å². The van der Waals surface area contributed by atoms with Gasteiger partial charge in [0, 0.05) is 17.2 Å². The van der Waals surface area contributed by atoms with E-state index >= 15 is 0 Å². The van der Waals surface area contributed by atoms with Crippen molar-refractivity contribution in [2.24, 2.45) is 5.73 Å². The first kappa shape index (κ1) is 15.3. The van der Waals surface area contributed by atoms with Gasteiger partial charge in [-0.1, -0.05) is 25.5 Å². The van der Waals surface area contributed by atoms with Crippen LogP contribution in [0.2, 0.25) is 0 Å². The van der Waals surface area contributed by atoms with E-state index in [0.29, 0.717) is 17.9 Å². The molecule has 1 atom stereocenters. The molecule has 1 heterocycles. The average Bonchev–Trinajstić information content (AvgIpc) is 2.48. The van der Waals surface area contributed by atoms with Gasteiger partial charge in [0.15, 0.2) is 0 Å². The Hall–Kier alpha value is -2.14. The minimum absolute atomic E-state index is 0.246. The molecule has 3 N–H and O–H groups in total. The molecule has 0 aliphatic heterocycles. The number of ether oxygens (including phenoxy) is 1. The topological polar surface area (TPSA) is 81.0 Å². The van der Waals surface area contributed by atoms with Crippen LogP contribution < -0.4 is 16.0 Å². The standard InChI is InChI=1S/C16H21N3O2/c1-3-4-8-21-13-7-5-6-12(9-13)15-10-14(11(2)17)16(20)19-18-15/h5-7,9-11H,3-4,8,17H2,1-2H3,(H,19,20). The Bertz CT molecular complexity index is 650. The first-order chi connectivity index (χ1) is 10.1. The van der Waals surface area contributed by atoms with E-state index in [1.165, 1.54) is 0 Å². The first-order valence-corrected chi connectivity index (χ1v) is 7.20. The molecular weight excluding hydrogens is 266 g/mol. The van der Waals surface area contributed by atoms with Crippen LogP contribution in [0.5, 0.6) is 5.75 Å². The highest BCUT2D eigenvalue weighted by molar-refractivity contribution is 5.61. The van der Waals surface area contributed by atoms with Gasteiger partial charge in [-0.15, -0.1) is 0 Å². The SMILES string of the molecule is CCCCOc1cccc(-c2cc(C(C)N)c(=O)[nH]n2)c1. The van der Waals surface area contributed by atoms with E-state index in [2.05, 4.69) is 17.1 Å². The maximum atomic E-state index is 11.7. The second-order valence-electron chi connectivity index (χ2n) is 5.06. The van der Waals surface area contributed by atoms with Gasteiger partial charge in [-0.25, -0.2) is 5.10 Å². The largest absolute Gasteiger partial charge is 0.494 e. The molecule has 0 radical (unpaired) electrons. The number of hydrogen-bond donors (Lipinski definition) is 2. The zero-order valence-electron chi connectivity index (χ0n) is 12.4. The molecule has 0 saturated heterocycles. The van der Waals surface area contributed by atoms with E-state index in [1.807, 2.05) is 24.3 Å². The molecule has 0 fully saturated rings. The van der Waals surface area contributed by atoms with Crippen LogP contribution >= 0.6 is 0 Å². The van der Waals surface area contributed by atoms with E-state index in [-0.39, 0.29) is 11.6 Å². The van der Waals surface area contributed by atoms with Crippen molar-refractivity contribution in [2.75, 3.05) is 6.61 Å². The first-order valence-electron chi connectivity index (χ1n) is 7.20. The van der Waals surface area contributed by atoms with Gasteiger partial charge in [0.2, 0.25) is 0 Å². The summed E-state index contributed by atoms with van der Waals surface area (Å²) >= 11 is 0. The molecule has 2 rings (SSSR count). The number of aromatic amines is 1. The monoisotopic (exact) mass is 287 g/mol. The van der Waals surface area contributed by atoms with Crippen LogP contribution in [-0.2, 0) is 0 Å². The van der Waals surface area contributed by atoms with Crippen molar-refractivity contribution in [1.29, 1.82) is 0 Å². The van der Waals surface area contributed by atoms with Crippen molar-refractivity contribution in [3.63, 3.8) is 0 Å². The summed E-state index contributed by atoms with van der Waals surface area (Å²) in [5.74, 6) is 0.802. The number of rotatable bonds is 6. The summed E-state index contributed by atoms with van der Waals surface area (Å²) in [6.45, 7) is 4.60. The van der Waals surface area contributed by atoms with Crippen LogP contribution in [0.4, 0.5) is 0 Å². The molecule has 0 saturated carbocycles. The normalized spacial score (nSPS) is 12.1. The zero-order chi connectivity index (χ0) is 15.2. The number of benzene rings is 1. The van der Waals surface area contributed by atoms with Gasteiger partial charge in [-0.05, 0) is 31.5 Å². The minimum atomic E-state index is -0.334. The maximum absolute atomic E-state index is 11.7. The Balaban J connectivity index is 2.27. The Morgan fingerprint density at radius 1 is 1.38 bits per heavy atom. The van der Waals surface area contributed by atoms with Crippen molar-refractivity contribution >= 4 is 0 Å². The van der Waals surface area contributed by atoms with Crippen LogP contribution in [0.3, 0.4) is 0 Å². The lowest BCUT2D eigenvalue weighted by atomic mass is 10.1. The molecule has 5 heteroatoms. The second kappa shape index (κ2) is 7.04. The number of nitrogens with one attached hydrogen (secondary N) is 1. The summed E-state index contributed by atoms with van der Waals surface area (Å²) in [6, 6.07) is 9.07. The third-order valence-electron chi connectivity index (χ3n) is 3.22. The van der Waals surface area contributed by atoms with Crippen molar-refractivity contribution in [3.8, 4) is 17.0 Å². The van der Waals surface area contributed by atoms with Crippen LogP contribution in [0.1, 0.15) is 38.3 Å². The van der Waals surface area contributed by atoms with Gasteiger partial charge < -0.3 is 10.5 Å². The molecular formula is C16H21N3O2. The molecule has 0 aliphatic rings. The van der Waals surface area contributed by atoms with Crippen molar-refractivity contribution < 1.29 is 4.74 Å². The van der Waals surface area contributed by atoms with Gasteiger partial charge in [0.1, 0.15) is 5.75 Å². The Morgan fingerprint density at radius 2 is 2.19 bits per heavy atom. The summed E-state index contributed by atoms with van der Waals surface area (Å²) in [6.07, 6.45) is 2.12. The summed E-state index contributed by atoms with van der Waals surface area (Å²) in [4.78, 5) is 11.7. The van der Waals surface area contributed by atoms with E-state index in [1.54, 1.807) is 13.0 Å². The van der Waals surface area contributed by atoms with Crippen LogP contribution in [0.15, 0.2) is 35.1 Å². The fraction of sp³-hybridized carbons (Fsp3) is 0.375. The van der Waals surface area contributed by atoms with E-state index < -0.39 is 0 Å². The molecule has 112 valence electrons. The highest BCUT2D eigenvalue weighted by atomic mass is 16.5. The Kier molecular flexibility index (Phi) is 5.11. The number of nitrogens with two attached hydrogens (primary N) is 1. The third kappa shape index (κ3) is 3.92. The third-order valence-corrected chi connectivity index (χ3v) is 3.22. The lowest BCUT2D eigenvalue weighted by Gasteiger charge is -2.09. The number of aromatic nitrogens is 2. The van der Waals surface area contributed by atoms with Crippen LogP contribution in [0.25, 0.3) is 11.3 Å². The van der Waals surface area contributed by atoms with Gasteiger partial charge in [0.05, 0.1) is 12.3 Å². The Morgan fingerprint density at radius 3 is 2.90 bits per heavy atom. The van der Waals surface area contributed by atoms with Crippen LogP contribution in [-0.4, -0.2) is 16.8 Å². The van der Waals surface area contributed by atoms with Gasteiger partial charge in [-0.2, -0.15) is 5.10 Å². The lowest BCUT2D eigenvalue weighted by molar-refractivity contribution is 0.309. The summed E-state index contributed by atoms with van der Waals surface area (Å²) < 4.78 is 5.69. The predicted octanol–water partition coefficient (Wildman–Crippen LogP) is 2.64. The predicted molar refractivity (Wildman–Crippen MR) is 83.3 cm³/mol. The van der Waals surface area contributed by atoms with E-state index in [0.717, 1.165) is 24.2 Å². The molecule has 21 heavy (non-hydrogen) atoms. The smallest absolute Gasteiger partial charge is 0.268 e. The highest BCUT2D eigenvalue weighted by Crippen LogP contribution is 2.22. The molecule has 1 aromatic heterocycles. The molecule has 0 spiro atoms. The number of H-pyrrole nitrogens is 1. The second-order valence-corrected chi connectivity index (χ2v) is 5.06. The zero-order valence-corrected chi connectivity index (χ0v) is 12.4. The van der Waals surface area contributed by atoms with E-state index in [9.17, 15) is 4.79 Å². The van der Waals surface area contributed by atoms with Crippen molar-refractivity contribution in [3.05, 3.63) is 46.2 Å². The summed E-state index contributed by atoms with van der Waals surface area (Å²) in [5.41, 5.74) is 7.65. The van der Waals surface area contributed by atoms with Crippen molar-refractivity contribution in [2.45, 2.75) is 32.7 Å². The molecule has 1 unspecified atom stereocenters. The lowest BCUT2D eigenvalue weighted by Crippen LogP contribution is -2.20. The molecule has 1 aromatic carbocycles. The minimum Gasteiger partial charge on any atom is -0.494 e.